The maximum atomic E-state index is 5.52. The van der Waals surface area contributed by atoms with E-state index in [0.29, 0.717) is 0 Å². The van der Waals surface area contributed by atoms with E-state index in [1.165, 1.54) is 15.2 Å². The molecule has 0 bridgehead atoms. The van der Waals surface area contributed by atoms with Crippen LogP contribution < -0.4 is 9.20 Å². The Morgan fingerprint density at radius 1 is 0.938 bits per heavy atom. The van der Waals surface area contributed by atoms with Gasteiger partial charge in [-0.2, -0.15) is 0 Å². The van der Waals surface area contributed by atoms with Crippen LogP contribution in [0.15, 0.2) is 36.4 Å². The number of rotatable bonds is 2. The van der Waals surface area contributed by atoms with E-state index in [4.69, 9.17) is 4.74 Å². The Morgan fingerprint density at radius 3 is 2.25 bits per heavy atom. The van der Waals surface area contributed by atoms with Crippen molar-refractivity contribution in [1.29, 1.82) is 0 Å². The topological polar surface area (TPSA) is 9.23 Å². The van der Waals surface area contributed by atoms with Crippen LogP contribution >= 0.6 is 0 Å². The van der Waals surface area contributed by atoms with Crippen molar-refractivity contribution in [2.24, 2.45) is 0 Å². The Kier molecular flexibility index (Phi) is 2.96. The number of methoxy groups -OCH3 is 1. The van der Waals surface area contributed by atoms with E-state index in [1.807, 2.05) is 0 Å². The summed E-state index contributed by atoms with van der Waals surface area (Å²) in [6.07, 6.45) is 0. The zero-order valence-electron chi connectivity index (χ0n) is 10.3. The van der Waals surface area contributed by atoms with Gasteiger partial charge in [0.2, 0.25) is 0 Å². The Labute approximate surface area is 99.7 Å². The van der Waals surface area contributed by atoms with Gasteiger partial charge >= 0.3 is 99.5 Å². The van der Waals surface area contributed by atoms with Crippen molar-refractivity contribution in [3.63, 3.8) is 0 Å². The van der Waals surface area contributed by atoms with Gasteiger partial charge in [-0.3, -0.25) is 0 Å². The molecule has 0 atom stereocenters. The summed E-state index contributed by atoms with van der Waals surface area (Å²) >= 11 is -1.57. The molecule has 0 aliphatic heterocycles. The molecule has 2 heteroatoms. The van der Waals surface area contributed by atoms with Gasteiger partial charge in [-0.15, -0.1) is 0 Å². The monoisotopic (exact) mass is 282 g/mol. The molecule has 0 amide bonds. The molecule has 0 N–H and O–H groups in total. The molecular formula is C14H18OSe. The third kappa shape index (κ3) is 1.95. The number of hydrogen-bond acceptors (Lipinski definition) is 1. The molecule has 0 fully saturated rings. The number of fused-ring (bicyclic) bond motifs is 1. The summed E-state index contributed by atoms with van der Waals surface area (Å²) < 4.78 is 6.96. The maximum absolute atomic E-state index is 5.52. The summed E-state index contributed by atoms with van der Waals surface area (Å²) in [6, 6.07) is 12.8. The van der Waals surface area contributed by atoms with Crippen LogP contribution in [-0.2, 0) is 0 Å². The van der Waals surface area contributed by atoms with Crippen LogP contribution in [0.25, 0.3) is 10.8 Å². The molecule has 2 aromatic rings. The summed E-state index contributed by atoms with van der Waals surface area (Å²) in [5, 5.41) is 2.67. The minimum absolute atomic E-state index is 1.05. The van der Waals surface area contributed by atoms with Crippen LogP contribution in [0.3, 0.4) is 0 Å². The average molecular weight is 281 g/mol. The number of hydrogen-bond donors (Lipinski definition) is 0. The second-order valence-electron chi connectivity index (χ2n) is 4.66. The Bertz CT molecular complexity index is 512. The molecule has 86 valence electrons. The van der Waals surface area contributed by atoms with Crippen LogP contribution in [0.2, 0.25) is 17.5 Å². The first kappa shape index (κ1) is 11.5. The third-order valence-electron chi connectivity index (χ3n) is 2.68. The van der Waals surface area contributed by atoms with Crippen molar-refractivity contribution in [3.05, 3.63) is 36.4 Å². The zero-order chi connectivity index (χ0) is 11.8. The first-order valence-corrected chi connectivity index (χ1v) is 11.3. The standard InChI is InChI=1S/C14H18OSe/c1-15-13-10-9-11-7-5-6-8-12(11)14(13)16(2,3)4/h5-10H,1-4H3. The summed E-state index contributed by atoms with van der Waals surface area (Å²) in [7, 11) is 1.76. The molecule has 0 aliphatic rings. The fourth-order valence-corrected chi connectivity index (χ4v) is 5.37. The van der Waals surface area contributed by atoms with Gasteiger partial charge in [0.15, 0.2) is 0 Å². The van der Waals surface area contributed by atoms with Gasteiger partial charge in [0.05, 0.1) is 0 Å². The van der Waals surface area contributed by atoms with E-state index in [0.717, 1.165) is 5.75 Å². The van der Waals surface area contributed by atoms with Gasteiger partial charge in [0.1, 0.15) is 0 Å². The van der Waals surface area contributed by atoms with E-state index >= 15 is 0 Å². The summed E-state index contributed by atoms with van der Waals surface area (Å²) in [6.45, 7) is 0. The van der Waals surface area contributed by atoms with Gasteiger partial charge < -0.3 is 0 Å². The van der Waals surface area contributed by atoms with Gasteiger partial charge in [0.25, 0.3) is 0 Å². The summed E-state index contributed by atoms with van der Waals surface area (Å²) in [5.74, 6) is 8.17. The van der Waals surface area contributed by atoms with Gasteiger partial charge in [-0.1, -0.05) is 0 Å². The van der Waals surface area contributed by atoms with Crippen LogP contribution in [0.4, 0.5) is 0 Å². The Hall–Kier alpha value is -0.981. The van der Waals surface area contributed by atoms with Crippen molar-refractivity contribution >= 4 is 28.1 Å². The van der Waals surface area contributed by atoms with Crippen LogP contribution in [0.5, 0.6) is 5.75 Å². The normalized spacial score (nSPS) is 12.8. The predicted molar refractivity (Wildman–Crippen MR) is 73.5 cm³/mol. The Morgan fingerprint density at radius 2 is 1.62 bits per heavy atom. The van der Waals surface area contributed by atoms with E-state index in [2.05, 4.69) is 53.9 Å². The minimum atomic E-state index is -1.57. The fourth-order valence-electron chi connectivity index (χ4n) is 2.02. The quantitative estimate of drug-likeness (QED) is 0.767. The molecule has 0 aromatic heterocycles. The van der Waals surface area contributed by atoms with E-state index in [9.17, 15) is 0 Å². The molecule has 2 aromatic carbocycles. The molecular weight excluding hydrogens is 263 g/mol. The third-order valence-corrected chi connectivity index (χ3v) is 6.13. The van der Waals surface area contributed by atoms with Crippen LogP contribution in [-0.4, -0.2) is 20.0 Å². The average Bonchev–Trinajstić information content (AvgIpc) is 2.26. The van der Waals surface area contributed by atoms with E-state index < -0.39 is 12.8 Å². The zero-order valence-corrected chi connectivity index (χ0v) is 12.0. The van der Waals surface area contributed by atoms with Crippen molar-refractivity contribution in [3.8, 4) is 5.75 Å². The summed E-state index contributed by atoms with van der Waals surface area (Å²) in [4.78, 5) is 0. The molecule has 1 nitrogen and oxygen atoms in total. The molecule has 0 saturated heterocycles. The van der Waals surface area contributed by atoms with E-state index in [-0.39, 0.29) is 0 Å². The number of benzene rings is 2. The first-order valence-electron chi connectivity index (χ1n) is 5.28. The van der Waals surface area contributed by atoms with Crippen molar-refractivity contribution in [1.82, 2.24) is 0 Å². The molecule has 0 heterocycles. The molecule has 2 rings (SSSR count). The fraction of sp³-hybridized carbons (Fsp3) is 0.286. The number of ether oxygens (including phenoxy) is 1. The molecule has 0 saturated carbocycles. The van der Waals surface area contributed by atoms with E-state index in [1.54, 1.807) is 7.11 Å². The van der Waals surface area contributed by atoms with Gasteiger partial charge in [-0.25, -0.2) is 0 Å². The Balaban J connectivity index is 2.84. The first-order chi connectivity index (χ1) is 7.54. The van der Waals surface area contributed by atoms with Crippen molar-refractivity contribution in [2.75, 3.05) is 7.11 Å². The van der Waals surface area contributed by atoms with Crippen LogP contribution in [0, 0.1) is 0 Å². The molecule has 0 radical (unpaired) electrons. The predicted octanol–water partition coefficient (Wildman–Crippen LogP) is 3.39. The summed E-state index contributed by atoms with van der Waals surface area (Å²) in [5.41, 5.74) is 0. The molecule has 16 heavy (non-hydrogen) atoms. The van der Waals surface area contributed by atoms with Crippen LogP contribution in [0.1, 0.15) is 0 Å². The molecule has 0 unspecified atom stereocenters. The van der Waals surface area contributed by atoms with Gasteiger partial charge in [-0.05, 0) is 0 Å². The SMILES string of the molecule is COc1ccc2ccccc2c1[Se](C)(C)C. The van der Waals surface area contributed by atoms with Crippen molar-refractivity contribution < 1.29 is 4.74 Å². The van der Waals surface area contributed by atoms with Crippen molar-refractivity contribution in [2.45, 2.75) is 17.5 Å². The molecule has 0 aliphatic carbocycles. The molecule has 0 spiro atoms. The second-order valence-corrected chi connectivity index (χ2v) is 13.2. The second kappa shape index (κ2) is 4.12. The van der Waals surface area contributed by atoms with Gasteiger partial charge in [0, 0.05) is 0 Å².